The molecule has 1 N–H and O–H groups in total. The van der Waals surface area contributed by atoms with Crippen LogP contribution in [0, 0.1) is 12.8 Å². The van der Waals surface area contributed by atoms with Gasteiger partial charge in [-0.1, -0.05) is 37.8 Å². The molecule has 1 fully saturated rings. The molecular weight excluding hydrogens is 250 g/mol. The molecule has 0 heterocycles. The molecule has 1 aliphatic rings. The molecule has 2 rings (SSSR count). The van der Waals surface area contributed by atoms with E-state index in [-0.39, 0.29) is 5.97 Å². The van der Waals surface area contributed by atoms with Crippen molar-refractivity contribution in [2.45, 2.75) is 52.0 Å². The normalized spacial score (nSPS) is 22.4. The molecule has 0 bridgehead atoms. The fourth-order valence-electron chi connectivity index (χ4n) is 3.15. The summed E-state index contributed by atoms with van der Waals surface area (Å²) in [4.78, 5) is 11.9. The second-order valence-corrected chi connectivity index (χ2v) is 5.74. The maximum Gasteiger partial charge on any atom is 0.339 e. The van der Waals surface area contributed by atoms with Crippen molar-refractivity contribution in [3.8, 4) is 0 Å². The van der Waals surface area contributed by atoms with Gasteiger partial charge in [-0.2, -0.15) is 0 Å². The first-order chi connectivity index (χ1) is 9.65. The van der Waals surface area contributed by atoms with Crippen LogP contribution >= 0.6 is 0 Å². The molecular formula is C17H25NO2. The largest absolute Gasteiger partial charge is 0.465 e. The van der Waals surface area contributed by atoms with E-state index in [0.29, 0.717) is 17.5 Å². The van der Waals surface area contributed by atoms with E-state index >= 15 is 0 Å². The summed E-state index contributed by atoms with van der Waals surface area (Å²) in [5.74, 6) is 0.440. The van der Waals surface area contributed by atoms with Crippen LogP contribution in [0.1, 0.15) is 54.9 Å². The highest BCUT2D eigenvalue weighted by atomic mass is 16.5. The number of aryl methyl sites for hydroxylation is 1. The summed E-state index contributed by atoms with van der Waals surface area (Å²) in [7, 11) is 1.43. The Balaban J connectivity index is 2.21. The van der Waals surface area contributed by atoms with Crippen molar-refractivity contribution < 1.29 is 9.53 Å². The average molecular weight is 275 g/mol. The van der Waals surface area contributed by atoms with Gasteiger partial charge in [0.1, 0.15) is 0 Å². The molecule has 3 nitrogen and oxygen atoms in total. The van der Waals surface area contributed by atoms with Gasteiger partial charge in [0.25, 0.3) is 0 Å². The molecule has 0 aromatic heterocycles. The molecule has 1 aromatic carbocycles. The van der Waals surface area contributed by atoms with E-state index in [1.165, 1.54) is 39.2 Å². The number of nitrogens with one attached hydrogen (secondary N) is 1. The van der Waals surface area contributed by atoms with Crippen molar-refractivity contribution >= 4 is 11.7 Å². The third-order valence-corrected chi connectivity index (χ3v) is 4.35. The average Bonchev–Trinajstić information content (AvgIpc) is 2.48. The Morgan fingerprint density at radius 1 is 1.35 bits per heavy atom. The highest BCUT2D eigenvalue weighted by Gasteiger charge is 2.24. The first-order valence-electron chi connectivity index (χ1n) is 7.61. The number of anilines is 1. The van der Waals surface area contributed by atoms with E-state index in [9.17, 15) is 4.79 Å². The lowest BCUT2D eigenvalue weighted by Crippen LogP contribution is -2.32. The van der Waals surface area contributed by atoms with Crippen LogP contribution in [0.25, 0.3) is 0 Å². The first-order valence-corrected chi connectivity index (χ1v) is 7.61. The van der Waals surface area contributed by atoms with Gasteiger partial charge in [-0.25, -0.2) is 4.79 Å². The van der Waals surface area contributed by atoms with E-state index in [0.717, 1.165) is 11.3 Å². The lowest BCUT2D eigenvalue weighted by atomic mass is 9.82. The number of benzene rings is 1. The third kappa shape index (κ3) is 3.33. The molecule has 1 aliphatic carbocycles. The molecule has 3 heteroatoms. The van der Waals surface area contributed by atoms with Crippen molar-refractivity contribution in [2.24, 2.45) is 5.92 Å². The zero-order valence-corrected chi connectivity index (χ0v) is 12.7. The predicted octanol–water partition coefficient (Wildman–Crippen LogP) is 4.16. The number of rotatable bonds is 4. The predicted molar refractivity (Wildman–Crippen MR) is 82.2 cm³/mol. The summed E-state index contributed by atoms with van der Waals surface area (Å²) in [6.45, 7) is 4.24. The molecule has 0 radical (unpaired) electrons. The fraction of sp³-hybridized carbons (Fsp3) is 0.588. The Morgan fingerprint density at radius 2 is 2.10 bits per heavy atom. The maximum absolute atomic E-state index is 11.9. The Bertz CT molecular complexity index is 470. The molecule has 0 saturated heterocycles. The van der Waals surface area contributed by atoms with Gasteiger partial charge >= 0.3 is 5.97 Å². The summed E-state index contributed by atoms with van der Waals surface area (Å²) in [5.41, 5.74) is 2.63. The smallest absolute Gasteiger partial charge is 0.339 e. The van der Waals surface area contributed by atoms with Crippen LogP contribution in [0.5, 0.6) is 0 Å². The fourth-order valence-corrected chi connectivity index (χ4v) is 3.15. The summed E-state index contributed by atoms with van der Waals surface area (Å²) in [6, 6.07) is 6.42. The third-order valence-electron chi connectivity index (χ3n) is 4.35. The van der Waals surface area contributed by atoms with Gasteiger partial charge in [0.2, 0.25) is 0 Å². The molecule has 0 spiro atoms. The van der Waals surface area contributed by atoms with Gasteiger partial charge in [0.15, 0.2) is 0 Å². The van der Waals surface area contributed by atoms with Gasteiger partial charge in [-0.15, -0.1) is 0 Å². The van der Waals surface area contributed by atoms with Crippen LogP contribution in [-0.4, -0.2) is 19.1 Å². The molecule has 1 aromatic rings. The van der Waals surface area contributed by atoms with E-state index in [4.69, 9.17) is 4.74 Å². The minimum Gasteiger partial charge on any atom is -0.465 e. The molecule has 2 unspecified atom stereocenters. The highest BCUT2D eigenvalue weighted by molar-refractivity contribution is 5.95. The first kappa shape index (κ1) is 14.9. The van der Waals surface area contributed by atoms with Gasteiger partial charge in [0, 0.05) is 11.7 Å². The van der Waals surface area contributed by atoms with E-state index in [2.05, 4.69) is 12.2 Å². The second-order valence-electron chi connectivity index (χ2n) is 5.74. The van der Waals surface area contributed by atoms with Crippen molar-refractivity contribution in [2.75, 3.05) is 12.4 Å². The van der Waals surface area contributed by atoms with Gasteiger partial charge < -0.3 is 10.1 Å². The van der Waals surface area contributed by atoms with E-state index in [1.807, 2.05) is 25.1 Å². The lowest BCUT2D eigenvalue weighted by molar-refractivity contribution is 0.0601. The zero-order valence-electron chi connectivity index (χ0n) is 12.7. The van der Waals surface area contributed by atoms with E-state index < -0.39 is 0 Å². The van der Waals surface area contributed by atoms with Crippen molar-refractivity contribution in [1.29, 1.82) is 0 Å². The standard InChI is InChI=1S/C17H25NO2/c1-4-13-7-5-6-8-15(13)18-16-10-9-12(2)11-14(16)17(19)20-3/h9-11,13,15,18H,4-8H2,1-3H3. The summed E-state index contributed by atoms with van der Waals surface area (Å²) in [5, 5.41) is 3.59. The summed E-state index contributed by atoms with van der Waals surface area (Å²) in [6.07, 6.45) is 6.26. The number of methoxy groups -OCH3 is 1. The number of esters is 1. The number of hydrogen-bond donors (Lipinski definition) is 1. The highest BCUT2D eigenvalue weighted by Crippen LogP contribution is 2.30. The summed E-state index contributed by atoms with van der Waals surface area (Å²) < 4.78 is 4.90. The topological polar surface area (TPSA) is 38.3 Å². The number of ether oxygens (including phenoxy) is 1. The van der Waals surface area contributed by atoms with Crippen molar-refractivity contribution in [1.82, 2.24) is 0 Å². The Kier molecular flexibility index (Phi) is 5.05. The van der Waals surface area contributed by atoms with Crippen molar-refractivity contribution in [3.05, 3.63) is 29.3 Å². The Morgan fingerprint density at radius 3 is 2.80 bits per heavy atom. The monoisotopic (exact) mass is 275 g/mol. The second kappa shape index (κ2) is 6.78. The van der Waals surface area contributed by atoms with Gasteiger partial charge in [-0.05, 0) is 37.8 Å². The number of carbonyl (C=O) groups is 1. The minimum absolute atomic E-state index is 0.264. The Hall–Kier alpha value is -1.51. The molecule has 20 heavy (non-hydrogen) atoms. The Labute approximate surface area is 121 Å². The molecule has 0 amide bonds. The molecule has 1 saturated carbocycles. The summed E-state index contributed by atoms with van der Waals surface area (Å²) >= 11 is 0. The van der Waals surface area contributed by atoms with Crippen LogP contribution in [0.15, 0.2) is 18.2 Å². The van der Waals surface area contributed by atoms with Crippen LogP contribution in [0.3, 0.4) is 0 Å². The maximum atomic E-state index is 11.9. The quantitative estimate of drug-likeness (QED) is 0.838. The van der Waals surface area contributed by atoms with Crippen LogP contribution < -0.4 is 5.32 Å². The van der Waals surface area contributed by atoms with E-state index in [1.54, 1.807) is 0 Å². The molecule has 0 aliphatic heterocycles. The van der Waals surface area contributed by atoms with Crippen LogP contribution in [-0.2, 0) is 4.74 Å². The van der Waals surface area contributed by atoms with Crippen LogP contribution in [0.2, 0.25) is 0 Å². The number of carbonyl (C=O) groups excluding carboxylic acids is 1. The minimum atomic E-state index is -0.264. The number of hydrogen-bond acceptors (Lipinski definition) is 3. The SMILES string of the molecule is CCC1CCCCC1Nc1ccc(C)cc1C(=O)OC. The zero-order chi connectivity index (χ0) is 14.5. The van der Waals surface area contributed by atoms with Gasteiger partial charge in [0.05, 0.1) is 12.7 Å². The van der Waals surface area contributed by atoms with Gasteiger partial charge in [-0.3, -0.25) is 0 Å². The van der Waals surface area contributed by atoms with Crippen LogP contribution in [0.4, 0.5) is 5.69 Å². The molecule has 2 atom stereocenters. The lowest BCUT2D eigenvalue weighted by Gasteiger charge is -2.32. The molecule has 110 valence electrons. The van der Waals surface area contributed by atoms with Crippen molar-refractivity contribution in [3.63, 3.8) is 0 Å².